The molecule has 29 heavy (non-hydrogen) atoms. The van der Waals surface area contributed by atoms with Crippen molar-refractivity contribution in [3.8, 4) is 0 Å². The first-order valence-corrected chi connectivity index (χ1v) is 10.8. The molecular formula is C21H32N6O2. The minimum absolute atomic E-state index is 0.239. The number of aromatic nitrogens is 5. The number of imidazole rings is 2. The van der Waals surface area contributed by atoms with E-state index in [9.17, 15) is 9.59 Å². The molecule has 8 heteroatoms. The highest BCUT2D eigenvalue weighted by Crippen LogP contribution is 2.25. The molecule has 0 amide bonds. The first-order valence-electron chi connectivity index (χ1n) is 10.8. The molecule has 4 rings (SSSR count). The van der Waals surface area contributed by atoms with Crippen LogP contribution in [0.3, 0.4) is 0 Å². The number of fused-ring (bicyclic) bond motifs is 3. The average molecular weight is 401 g/mol. The van der Waals surface area contributed by atoms with Gasteiger partial charge in [0.25, 0.3) is 5.56 Å². The highest BCUT2D eigenvalue weighted by atomic mass is 16.2. The second kappa shape index (κ2) is 7.48. The van der Waals surface area contributed by atoms with E-state index < -0.39 is 0 Å². The zero-order valence-corrected chi connectivity index (χ0v) is 18.2. The molecule has 8 nitrogen and oxygen atoms in total. The molecule has 0 bridgehead atoms. The monoisotopic (exact) mass is 400 g/mol. The minimum atomic E-state index is -0.287. The van der Waals surface area contributed by atoms with Gasteiger partial charge in [-0.3, -0.25) is 18.3 Å². The Balaban J connectivity index is 1.90. The van der Waals surface area contributed by atoms with Crippen LogP contribution in [-0.4, -0.2) is 47.6 Å². The van der Waals surface area contributed by atoms with E-state index in [0.717, 1.165) is 43.2 Å². The molecular weight excluding hydrogens is 368 g/mol. The fourth-order valence-electron chi connectivity index (χ4n) is 4.61. The summed E-state index contributed by atoms with van der Waals surface area (Å²) < 4.78 is 7.03. The van der Waals surface area contributed by atoms with Gasteiger partial charge in [-0.1, -0.05) is 13.3 Å². The van der Waals surface area contributed by atoms with Crippen LogP contribution in [0.25, 0.3) is 16.9 Å². The summed E-state index contributed by atoms with van der Waals surface area (Å²) in [5, 5.41) is 0. The normalized spacial score (nSPS) is 16.9. The first kappa shape index (κ1) is 19.9. The van der Waals surface area contributed by atoms with E-state index >= 15 is 0 Å². The Hall–Kier alpha value is -2.35. The third-order valence-corrected chi connectivity index (χ3v) is 6.68. The molecule has 3 aromatic rings. The van der Waals surface area contributed by atoms with Gasteiger partial charge in [0.05, 0.1) is 0 Å². The number of likely N-dealkylation sites (tertiary alicyclic amines) is 1. The van der Waals surface area contributed by atoms with Gasteiger partial charge < -0.3 is 9.47 Å². The van der Waals surface area contributed by atoms with Crippen LogP contribution >= 0.6 is 0 Å². The molecule has 1 saturated heterocycles. The molecule has 3 aromatic heterocycles. The molecule has 1 unspecified atom stereocenters. The predicted octanol–water partition coefficient (Wildman–Crippen LogP) is 2.22. The molecule has 1 atom stereocenters. The van der Waals surface area contributed by atoms with E-state index in [1.165, 1.54) is 28.4 Å². The number of piperidine rings is 1. The summed E-state index contributed by atoms with van der Waals surface area (Å²) in [4.78, 5) is 33.5. The van der Waals surface area contributed by atoms with Gasteiger partial charge in [0, 0.05) is 37.6 Å². The quantitative estimate of drug-likeness (QED) is 0.659. The number of aryl methyl sites for hydroxylation is 2. The smallest absolute Gasteiger partial charge is 0.311 e. The van der Waals surface area contributed by atoms with Crippen molar-refractivity contribution in [3.05, 3.63) is 32.2 Å². The lowest BCUT2D eigenvalue weighted by Gasteiger charge is -2.26. The Morgan fingerprint density at radius 1 is 1.03 bits per heavy atom. The third-order valence-electron chi connectivity index (χ3n) is 6.68. The maximum absolute atomic E-state index is 13.4. The second-order valence-corrected chi connectivity index (χ2v) is 8.42. The number of rotatable bonds is 5. The van der Waals surface area contributed by atoms with E-state index in [2.05, 4.69) is 30.2 Å². The van der Waals surface area contributed by atoms with Gasteiger partial charge in [0.15, 0.2) is 11.2 Å². The van der Waals surface area contributed by atoms with Crippen LogP contribution < -0.4 is 11.2 Å². The van der Waals surface area contributed by atoms with Crippen molar-refractivity contribution in [2.24, 2.45) is 7.05 Å². The predicted molar refractivity (Wildman–Crippen MR) is 115 cm³/mol. The molecule has 0 spiro atoms. The lowest BCUT2D eigenvalue weighted by atomic mass is 10.1. The highest BCUT2D eigenvalue weighted by molar-refractivity contribution is 5.76. The molecule has 0 radical (unpaired) electrons. The van der Waals surface area contributed by atoms with E-state index in [-0.39, 0.29) is 17.3 Å². The van der Waals surface area contributed by atoms with Gasteiger partial charge in [-0.25, -0.2) is 4.79 Å². The first-order chi connectivity index (χ1) is 13.9. The van der Waals surface area contributed by atoms with Crippen molar-refractivity contribution in [1.29, 1.82) is 0 Å². The topological polar surface area (TPSA) is 69.5 Å². The van der Waals surface area contributed by atoms with Crippen molar-refractivity contribution in [1.82, 2.24) is 28.0 Å². The average Bonchev–Trinajstić information content (AvgIpc) is 3.22. The summed E-state index contributed by atoms with van der Waals surface area (Å²) >= 11 is 0. The lowest BCUT2D eigenvalue weighted by molar-refractivity contribution is 0.218. The summed E-state index contributed by atoms with van der Waals surface area (Å²) in [5.41, 5.74) is 2.55. The largest absolute Gasteiger partial charge is 0.332 e. The minimum Gasteiger partial charge on any atom is -0.311 e. The standard InChI is InChI=1S/C21H32N6O2/c1-6-14(2)26-15(3)16(4)27-17-18(22-20(26)27)23(5)21(29)25(19(17)28)13-12-24-10-8-7-9-11-24/h14H,6-13H2,1-5H3. The molecule has 0 aromatic carbocycles. The number of hydrogen-bond acceptors (Lipinski definition) is 4. The van der Waals surface area contributed by atoms with Crippen LogP contribution in [0.4, 0.5) is 0 Å². The maximum atomic E-state index is 13.4. The summed E-state index contributed by atoms with van der Waals surface area (Å²) in [7, 11) is 1.71. The van der Waals surface area contributed by atoms with Crippen molar-refractivity contribution < 1.29 is 0 Å². The lowest BCUT2D eigenvalue weighted by Crippen LogP contribution is -2.43. The fourth-order valence-corrected chi connectivity index (χ4v) is 4.61. The van der Waals surface area contributed by atoms with E-state index in [1.54, 1.807) is 7.05 Å². The Morgan fingerprint density at radius 3 is 2.38 bits per heavy atom. The van der Waals surface area contributed by atoms with Gasteiger partial charge in [-0.15, -0.1) is 0 Å². The van der Waals surface area contributed by atoms with Crippen LogP contribution in [0.2, 0.25) is 0 Å². The van der Waals surface area contributed by atoms with Crippen molar-refractivity contribution >= 4 is 16.9 Å². The molecule has 1 fully saturated rings. The van der Waals surface area contributed by atoms with Gasteiger partial charge in [-0.05, 0) is 53.1 Å². The zero-order chi connectivity index (χ0) is 20.9. The molecule has 0 aliphatic carbocycles. The van der Waals surface area contributed by atoms with E-state index in [0.29, 0.717) is 17.7 Å². The van der Waals surface area contributed by atoms with Gasteiger partial charge in [0.2, 0.25) is 5.78 Å². The summed E-state index contributed by atoms with van der Waals surface area (Å²) in [6, 6.07) is 0.265. The Bertz CT molecular complexity index is 1170. The Kier molecular flexibility index (Phi) is 5.14. The van der Waals surface area contributed by atoms with E-state index in [1.807, 2.05) is 11.3 Å². The Morgan fingerprint density at radius 2 is 1.72 bits per heavy atom. The van der Waals surface area contributed by atoms with Gasteiger partial charge in [0.1, 0.15) is 0 Å². The maximum Gasteiger partial charge on any atom is 0.332 e. The van der Waals surface area contributed by atoms with Crippen molar-refractivity contribution in [2.45, 2.75) is 66.0 Å². The SMILES string of the molecule is CCC(C)n1c(C)c(C)n2c3c(=O)n(CCN4CCCCC4)c(=O)n(C)c3nc12. The molecule has 4 heterocycles. The third kappa shape index (κ3) is 3.04. The van der Waals surface area contributed by atoms with E-state index in [4.69, 9.17) is 4.98 Å². The summed E-state index contributed by atoms with van der Waals surface area (Å²) in [6.45, 7) is 11.6. The fraction of sp³-hybridized carbons (Fsp3) is 0.667. The van der Waals surface area contributed by atoms with Crippen molar-refractivity contribution in [3.63, 3.8) is 0 Å². The van der Waals surface area contributed by atoms with Crippen LogP contribution in [0.5, 0.6) is 0 Å². The van der Waals surface area contributed by atoms with Crippen LogP contribution in [0.1, 0.15) is 57.0 Å². The molecule has 0 N–H and O–H groups in total. The highest BCUT2D eigenvalue weighted by Gasteiger charge is 2.24. The summed E-state index contributed by atoms with van der Waals surface area (Å²) in [5.74, 6) is 0.741. The van der Waals surface area contributed by atoms with Gasteiger partial charge in [-0.2, -0.15) is 4.98 Å². The summed E-state index contributed by atoms with van der Waals surface area (Å²) in [6.07, 6.45) is 4.62. The van der Waals surface area contributed by atoms with Crippen LogP contribution in [-0.2, 0) is 13.6 Å². The van der Waals surface area contributed by atoms with Gasteiger partial charge >= 0.3 is 5.69 Å². The van der Waals surface area contributed by atoms with Crippen LogP contribution in [0.15, 0.2) is 9.59 Å². The Labute approximate surface area is 170 Å². The molecule has 1 aliphatic heterocycles. The number of nitrogens with zero attached hydrogens (tertiary/aromatic N) is 6. The second-order valence-electron chi connectivity index (χ2n) is 8.42. The molecule has 1 aliphatic rings. The number of hydrogen-bond donors (Lipinski definition) is 0. The molecule has 158 valence electrons. The molecule has 0 saturated carbocycles. The zero-order valence-electron chi connectivity index (χ0n) is 18.2. The van der Waals surface area contributed by atoms with Crippen LogP contribution in [0, 0.1) is 13.8 Å². The van der Waals surface area contributed by atoms with Crippen molar-refractivity contribution in [2.75, 3.05) is 19.6 Å².